The molecule has 8 heteroatoms. The number of fused-ring (bicyclic) bond motifs is 1. The summed E-state index contributed by atoms with van der Waals surface area (Å²) in [4.78, 5) is 6.80. The average molecular weight is 455 g/mol. The second kappa shape index (κ2) is 9.28. The van der Waals surface area contributed by atoms with Crippen molar-refractivity contribution in [3.63, 3.8) is 0 Å². The fraction of sp³-hybridized carbons (Fsp3) is 0.360. The van der Waals surface area contributed by atoms with Crippen LogP contribution in [-0.4, -0.2) is 30.8 Å². The summed E-state index contributed by atoms with van der Waals surface area (Å²) in [6, 6.07) is 10.9. The van der Waals surface area contributed by atoms with Gasteiger partial charge in [-0.15, -0.1) is 0 Å². The quantitative estimate of drug-likeness (QED) is 0.482. The van der Waals surface area contributed by atoms with Crippen molar-refractivity contribution in [3.8, 4) is 11.8 Å². The van der Waals surface area contributed by atoms with Gasteiger partial charge in [0.15, 0.2) is 0 Å². The lowest BCUT2D eigenvalue weighted by Gasteiger charge is -2.21. The zero-order valence-electron chi connectivity index (χ0n) is 18.4. The molecule has 3 aromatic rings. The van der Waals surface area contributed by atoms with Crippen LogP contribution in [-0.2, 0) is 17.5 Å². The van der Waals surface area contributed by atoms with E-state index in [0.717, 1.165) is 59.4 Å². The molecule has 2 aromatic carbocycles. The van der Waals surface area contributed by atoms with E-state index in [1.807, 2.05) is 32.0 Å². The van der Waals surface area contributed by atoms with Crippen LogP contribution < -0.4 is 9.64 Å². The van der Waals surface area contributed by atoms with E-state index in [0.29, 0.717) is 6.61 Å². The Bertz CT molecular complexity index is 1200. The molecule has 0 saturated carbocycles. The number of halogens is 3. The van der Waals surface area contributed by atoms with Crippen molar-refractivity contribution >= 4 is 16.6 Å². The Morgan fingerprint density at radius 3 is 2.76 bits per heavy atom. The van der Waals surface area contributed by atoms with Crippen molar-refractivity contribution in [3.05, 3.63) is 64.8 Å². The van der Waals surface area contributed by atoms with Gasteiger partial charge in [0.25, 0.3) is 0 Å². The Kier molecular flexibility index (Phi) is 6.43. The highest BCUT2D eigenvalue weighted by molar-refractivity contribution is 5.92. The number of ether oxygens (including phenoxy) is 2. The van der Waals surface area contributed by atoms with E-state index in [4.69, 9.17) is 14.7 Å². The third-order valence-corrected chi connectivity index (χ3v) is 5.88. The van der Waals surface area contributed by atoms with Crippen LogP contribution in [0.3, 0.4) is 0 Å². The minimum atomic E-state index is -4.62. The van der Waals surface area contributed by atoms with Crippen molar-refractivity contribution in [2.75, 3.05) is 24.6 Å². The summed E-state index contributed by atoms with van der Waals surface area (Å²) in [7, 11) is 0. The smallest absolute Gasteiger partial charge is 0.417 e. The van der Waals surface area contributed by atoms with E-state index in [1.165, 1.54) is 6.07 Å². The summed E-state index contributed by atoms with van der Waals surface area (Å²) in [6.07, 6.45) is -1.66. The number of alkyl halides is 3. The number of aryl methyl sites for hydroxylation is 1. The minimum Gasteiger partial charge on any atom is -0.489 e. The summed E-state index contributed by atoms with van der Waals surface area (Å²) in [5.41, 5.74) is 2.26. The van der Waals surface area contributed by atoms with Crippen LogP contribution in [0, 0.1) is 18.3 Å². The molecular formula is C25H24F3N3O2. The average Bonchev–Trinajstić information content (AvgIpc) is 3.25. The summed E-state index contributed by atoms with van der Waals surface area (Å²) in [5.74, 6) is 0.0570. The number of nitrogens with zero attached hydrogens (tertiary/aromatic N) is 3. The van der Waals surface area contributed by atoms with Crippen LogP contribution in [0.4, 0.5) is 18.9 Å². The first-order valence-electron chi connectivity index (χ1n) is 10.8. The van der Waals surface area contributed by atoms with Crippen molar-refractivity contribution in [2.45, 2.75) is 39.2 Å². The molecule has 1 aliphatic rings. The minimum absolute atomic E-state index is 0.0570. The lowest BCUT2D eigenvalue weighted by atomic mass is 10.0. The van der Waals surface area contributed by atoms with Crippen molar-refractivity contribution in [1.29, 1.82) is 5.26 Å². The summed E-state index contributed by atoms with van der Waals surface area (Å²) in [5, 5.41) is 9.97. The standard InChI is InChI=1S/C25H24F3N3O2/c1-3-32-20-7-9-31(14-20)24-6-8-30-23-11-18(16(2)10-21(23)24)15-33-19-5-4-17(13-29)22(12-19)25(26,27)28/h4-6,8,10-12,20H,3,7,9,14-15H2,1-2H3. The van der Waals surface area contributed by atoms with Crippen LogP contribution in [0.15, 0.2) is 42.6 Å². The molecule has 0 spiro atoms. The highest BCUT2D eigenvalue weighted by Gasteiger charge is 2.34. The molecule has 1 atom stereocenters. The monoisotopic (exact) mass is 455 g/mol. The number of benzene rings is 2. The van der Waals surface area contributed by atoms with Gasteiger partial charge in [0.2, 0.25) is 0 Å². The maximum atomic E-state index is 13.2. The Morgan fingerprint density at radius 2 is 2.03 bits per heavy atom. The fourth-order valence-corrected chi connectivity index (χ4v) is 4.19. The molecule has 2 heterocycles. The second-order valence-corrected chi connectivity index (χ2v) is 8.04. The molecule has 0 N–H and O–H groups in total. The highest BCUT2D eigenvalue weighted by Crippen LogP contribution is 2.35. The molecule has 33 heavy (non-hydrogen) atoms. The number of hydrogen-bond donors (Lipinski definition) is 0. The first-order valence-corrected chi connectivity index (χ1v) is 10.8. The van der Waals surface area contributed by atoms with Crippen molar-refractivity contribution < 1.29 is 22.6 Å². The lowest BCUT2D eigenvalue weighted by molar-refractivity contribution is -0.137. The van der Waals surface area contributed by atoms with Gasteiger partial charge in [0.1, 0.15) is 12.4 Å². The molecule has 0 aliphatic carbocycles. The molecule has 1 aliphatic heterocycles. The van der Waals surface area contributed by atoms with E-state index < -0.39 is 17.3 Å². The number of rotatable bonds is 6. The van der Waals surface area contributed by atoms with Gasteiger partial charge in [0, 0.05) is 37.0 Å². The van der Waals surface area contributed by atoms with Crippen LogP contribution in [0.25, 0.3) is 10.9 Å². The zero-order valence-corrected chi connectivity index (χ0v) is 18.4. The zero-order chi connectivity index (χ0) is 23.6. The second-order valence-electron chi connectivity index (χ2n) is 8.04. The molecule has 0 bridgehead atoms. The van der Waals surface area contributed by atoms with Crippen LogP contribution in [0.1, 0.15) is 35.6 Å². The molecule has 0 radical (unpaired) electrons. The molecule has 1 unspecified atom stereocenters. The Morgan fingerprint density at radius 1 is 1.21 bits per heavy atom. The normalized spacial score (nSPS) is 16.2. The first kappa shape index (κ1) is 22.9. The maximum Gasteiger partial charge on any atom is 0.417 e. The SMILES string of the molecule is CCOC1CCN(c2ccnc3cc(COc4ccc(C#N)c(C(F)(F)F)c4)c(C)cc23)C1. The molecule has 172 valence electrons. The number of hydrogen-bond acceptors (Lipinski definition) is 5. The molecule has 4 rings (SSSR count). The van der Waals surface area contributed by atoms with Crippen molar-refractivity contribution in [2.24, 2.45) is 0 Å². The van der Waals surface area contributed by atoms with E-state index >= 15 is 0 Å². The third-order valence-electron chi connectivity index (χ3n) is 5.88. The van der Waals surface area contributed by atoms with E-state index in [1.54, 1.807) is 12.3 Å². The van der Waals surface area contributed by atoms with Crippen LogP contribution >= 0.6 is 0 Å². The van der Waals surface area contributed by atoms with E-state index in [-0.39, 0.29) is 18.5 Å². The van der Waals surface area contributed by atoms with Gasteiger partial charge in [-0.05, 0) is 67.8 Å². The highest BCUT2D eigenvalue weighted by atomic mass is 19.4. The predicted molar refractivity (Wildman–Crippen MR) is 119 cm³/mol. The van der Waals surface area contributed by atoms with Gasteiger partial charge in [-0.2, -0.15) is 18.4 Å². The van der Waals surface area contributed by atoms with Gasteiger partial charge in [-0.3, -0.25) is 4.98 Å². The van der Waals surface area contributed by atoms with Gasteiger partial charge in [0.05, 0.1) is 28.8 Å². The fourth-order valence-electron chi connectivity index (χ4n) is 4.19. The van der Waals surface area contributed by atoms with Gasteiger partial charge in [-0.1, -0.05) is 0 Å². The Labute approximate surface area is 190 Å². The predicted octanol–water partition coefficient (Wildman–Crippen LogP) is 5.63. The topological polar surface area (TPSA) is 58.4 Å². The van der Waals surface area contributed by atoms with Gasteiger partial charge < -0.3 is 14.4 Å². The molecule has 1 fully saturated rings. The van der Waals surface area contributed by atoms with Gasteiger partial charge in [-0.25, -0.2) is 0 Å². The lowest BCUT2D eigenvalue weighted by Crippen LogP contribution is -2.23. The number of aromatic nitrogens is 1. The number of anilines is 1. The largest absolute Gasteiger partial charge is 0.489 e. The van der Waals surface area contributed by atoms with Crippen molar-refractivity contribution in [1.82, 2.24) is 4.98 Å². The maximum absolute atomic E-state index is 13.2. The third kappa shape index (κ3) is 4.88. The molecular weight excluding hydrogens is 431 g/mol. The first-order chi connectivity index (χ1) is 15.8. The summed E-state index contributed by atoms with van der Waals surface area (Å²) < 4.78 is 51.1. The van der Waals surface area contributed by atoms with Gasteiger partial charge >= 0.3 is 6.18 Å². The molecule has 5 nitrogen and oxygen atoms in total. The van der Waals surface area contributed by atoms with E-state index in [9.17, 15) is 13.2 Å². The Balaban J connectivity index is 1.57. The molecule has 0 amide bonds. The van der Waals surface area contributed by atoms with Crippen LogP contribution in [0.2, 0.25) is 0 Å². The summed E-state index contributed by atoms with van der Waals surface area (Å²) in [6.45, 7) is 6.47. The number of pyridine rings is 1. The summed E-state index contributed by atoms with van der Waals surface area (Å²) >= 11 is 0. The molecule has 1 aromatic heterocycles. The number of nitriles is 1. The Hall–Kier alpha value is -3.31. The van der Waals surface area contributed by atoms with Crippen LogP contribution in [0.5, 0.6) is 5.75 Å². The molecule has 1 saturated heterocycles. The van der Waals surface area contributed by atoms with E-state index in [2.05, 4.69) is 9.88 Å².